The van der Waals surface area contributed by atoms with Crippen LogP contribution in [0.4, 0.5) is 0 Å². The number of hydrogen-bond donors (Lipinski definition) is 1. The van der Waals surface area contributed by atoms with Gasteiger partial charge in [0.25, 0.3) is 5.91 Å². The first kappa shape index (κ1) is 13.6. The minimum Gasteiger partial charge on any atom is -0.375 e. The van der Waals surface area contributed by atoms with Gasteiger partial charge in [-0.1, -0.05) is 17.9 Å². The molecular formula is C15H18N2O2. The predicted molar refractivity (Wildman–Crippen MR) is 73.7 cm³/mol. The first-order chi connectivity index (χ1) is 9.20. The van der Waals surface area contributed by atoms with E-state index in [1.165, 1.54) is 0 Å². The van der Waals surface area contributed by atoms with Gasteiger partial charge in [-0.3, -0.25) is 4.79 Å². The van der Waals surface area contributed by atoms with Crippen molar-refractivity contribution in [3.05, 3.63) is 35.4 Å². The predicted octanol–water partition coefficient (Wildman–Crippen LogP) is 0.858. The fraction of sp³-hybridized carbons (Fsp3) is 0.400. The quantitative estimate of drug-likeness (QED) is 0.760. The molecule has 1 aromatic carbocycles. The van der Waals surface area contributed by atoms with Crippen LogP contribution in [0.2, 0.25) is 0 Å². The van der Waals surface area contributed by atoms with Gasteiger partial charge >= 0.3 is 0 Å². The summed E-state index contributed by atoms with van der Waals surface area (Å²) in [6.07, 6.45) is 0.0953. The maximum absolute atomic E-state index is 12.4. The third-order valence-electron chi connectivity index (χ3n) is 2.97. The molecule has 19 heavy (non-hydrogen) atoms. The average Bonchev–Trinajstić information content (AvgIpc) is 2.44. The van der Waals surface area contributed by atoms with Crippen molar-refractivity contribution in [2.45, 2.75) is 13.0 Å². The summed E-state index contributed by atoms with van der Waals surface area (Å²) in [7, 11) is 0. The van der Waals surface area contributed by atoms with Gasteiger partial charge in [0.15, 0.2) is 0 Å². The number of nitrogens with zero attached hydrogens (tertiary/aromatic N) is 1. The largest absolute Gasteiger partial charge is 0.375 e. The van der Waals surface area contributed by atoms with Gasteiger partial charge < -0.3 is 15.4 Å². The number of hydrogen-bond acceptors (Lipinski definition) is 3. The molecule has 1 amide bonds. The van der Waals surface area contributed by atoms with Crippen LogP contribution in [0, 0.1) is 11.8 Å². The first-order valence-corrected chi connectivity index (χ1v) is 6.40. The lowest BCUT2D eigenvalue weighted by molar-refractivity contribution is -0.0124. The van der Waals surface area contributed by atoms with Crippen LogP contribution in [-0.4, -0.2) is 43.2 Å². The summed E-state index contributed by atoms with van der Waals surface area (Å²) in [5.41, 5.74) is 6.83. The molecule has 1 fully saturated rings. The number of carbonyl (C=O) groups is 1. The van der Waals surface area contributed by atoms with Crippen molar-refractivity contribution in [3.8, 4) is 11.8 Å². The zero-order chi connectivity index (χ0) is 13.7. The molecule has 1 aliphatic heterocycles. The van der Waals surface area contributed by atoms with E-state index >= 15 is 0 Å². The number of nitrogens with two attached hydrogens (primary N) is 1. The molecule has 0 saturated carbocycles. The van der Waals surface area contributed by atoms with Gasteiger partial charge in [-0.15, -0.1) is 0 Å². The fourth-order valence-corrected chi connectivity index (χ4v) is 2.07. The van der Waals surface area contributed by atoms with Crippen molar-refractivity contribution in [1.29, 1.82) is 0 Å². The van der Waals surface area contributed by atoms with Gasteiger partial charge in [-0.25, -0.2) is 0 Å². The average molecular weight is 258 g/mol. The highest BCUT2D eigenvalue weighted by molar-refractivity contribution is 5.94. The number of amides is 1. The summed E-state index contributed by atoms with van der Waals surface area (Å²) in [6, 6.07) is 7.35. The van der Waals surface area contributed by atoms with E-state index in [2.05, 4.69) is 11.8 Å². The highest BCUT2D eigenvalue weighted by Gasteiger charge is 2.22. The standard InChI is InChI=1S/C15H18N2O2/c1-12-11-17(8-9-19-12)15(18)14-6-2-4-13(10-14)5-3-7-16/h2,4,6,10,12H,7-9,11,16H2,1H3. The highest BCUT2D eigenvalue weighted by Crippen LogP contribution is 2.11. The van der Waals surface area contributed by atoms with Crippen molar-refractivity contribution in [1.82, 2.24) is 4.90 Å². The van der Waals surface area contributed by atoms with Gasteiger partial charge in [-0.2, -0.15) is 0 Å². The van der Waals surface area contributed by atoms with Crippen LogP contribution in [0.1, 0.15) is 22.8 Å². The molecule has 2 N–H and O–H groups in total. The van der Waals surface area contributed by atoms with E-state index in [-0.39, 0.29) is 12.0 Å². The van der Waals surface area contributed by atoms with E-state index in [9.17, 15) is 4.79 Å². The van der Waals surface area contributed by atoms with E-state index in [4.69, 9.17) is 10.5 Å². The molecule has 0 spiro atoms. The fourth-order valence-electron chi connectivity index (χ4n) is 2.07. The Hall–Kier alpha value is -1.83. The van der Waals surface area contributed by atoms with Crippen LogP contribution in [0.3, 0.4) is 0 Å². The number of rotatable bonds is 1. The maximum atomic E-state index is 12.4. The number of benzene rings is 1. The lowest BCUT2D eigenvalue weighted by atomic mass is 10.1. The molecule has 0 radical (unpaired) electrons. The molecule has 0 aromatic heterocycles. The van der Waals surface area contributed by atoms with Crippen LogP contribution in [0.15, 0.2) is 24.3 Å². The Morgan fingerprint density at radius 2 is 2.42 bits per heavy atom. The van der Waals surface area contributed by atoms with Gasteiger partial charge in [0.2, 0.25) is 0 Å². The first-order valence-electron chi connectivity index (χ1n) is 6.40. The molecule has 1 aromatic rings. The topological polar surface area (TPSA) is 55.6 Å². The third kappa shape index (κ3) is 3.57. The van der Waals surface area contributed by atoms with Crippen LogP contribution in [0.25, 0.3) is 0 Å². The van der Waals surface area contributed by atoms with Crippen molar-refractivity contribution >= 4 is 5.91 Å². The van der Waals surface area contributed by atoms with Crippen LogP contribution >= 0.6 is 0 Å². The summed E-state index contributed by atoms with van der Waals surface area (Å²) in [5.74, 6) is 5.76. The Kier molecular flexibility index (Phi) is 4.56. The summed E-state index contributed by atoms with van der Waals surface area (Å²) < 4.78 is 5.44. The second-order valence-electron chi connectivity index (χ2n) is 4.52. The van der Waals surface area contributed by atoms with Gasteiger partial charge in [0.1, 0.15) is 0 Å². The van der Waals surface area contributed by atoms with E-state index in [1.54, 1.807) is 0 Å². The van der Waals surface area contributed by atoms with Crippen LogP contribution in [0.5, 0.6) is 0 Å². The van der Waals surface area contributed by atoms with Crippen molar-refractivity contribution in [2.75, 3.05) is 26.2 Å². The van der Waals surface area contributed by atoms with E-state index in [0.717, 1.165) is 5.56 Å². The number of carbonyl (C=O) groups excluding carboxylic acids is 1. The molecule has 1 atom stereocenters. The minimum absolute atomic E-state index is 0.0338. The number of morpholine rings is 1. The Bertz CT molecular complexity index is 516. The summed E-state index contributed by atoms with van der Waals surface area (Å²) in [6.45, 7) is 4.17. The normalized spacial score (nSPS) is 18.6. The Morgan fingerprint density at radius 1 is 1.58 bits per heavy atom. The van der Waals surface area contributed by atoms with E-state index in [0.29, 0.717) is 31.8 Å². The van der Waals surface area contributed by atoms with E-state index < -0.39 is 0 Å². The minimum atomic E-state index is 0.0338. The molecule has 100 valence electrons. The highest BCUT2D eigenvalue weighted by atomic mass is 16.5. The van der Waals surface area contributed by atoms with Crippen molar-refractivity contribution < 1.29 is 9.53 Å². The summed E-state index contributed by atoms with van der Waals surface area (Å²) >= 11 is 0. The molecule has 4 heteroatoms. The summed E-state index contributed by atoms with van der Waals surface area (Å²) in [4.78, 5) is 14.2. The van der Waals surface area contributed by atoms with Gasteiger partial charge in [0.05, 0.1) is 19.3 Å². The van der Waals surface area contributed by atoms with Gasteiger partial charge in [-0.05, 0) is 25.1 Å². The zero-order valence-electron chi connectivity index (χ0n) is 11.1. The van der Waals surface area contributed by atoms with Crippen molar-refractivity contribution in [2.24, 2.45) is 5.73 Å². The Balaban J connectivity index is 2.14. The molecule has 1 unspecified atom stereocenters. The van der Waals surface area contributed by atoms with Crippen LogP contribution in [-0.2, 0) is 4.74 Å². The Labute approximate surface area is 113 Å². The molecule has 2 rings (SSSR count). The smallest absolute Gasteiger partial charge is 0.254 e. The molecule has 1 aliphatic rings. The molecule has 0 aliphatic carbocycles. The van der Waals surface area contributed by atoms with Gasteiger partial charge in [0, 0.05) is 24.2 Å². The van der Waals surface area contributed by atoms with E-state index in [1.807, 2.05) is 36.1 Å². The second-order valence-corrected chi connectivity index (χ2v) is 4.52. The second kappa shape index (κ2) is 6.37. The zero-order valence-corrected chi connectivity index (χ0v) is 11.1. The molecule has 1 saturated heterocycles. The van der Waals surface area contributed by atoms with Crippen LogP contribution < -0.4 is 5.73 Å². The lowest BCUT2D eigenvalue weighted by Crippen LogP contribution is -2.44. The molecule has 0 bridgehead atoms. The lowest BCUT2D eigenvalue weighted by Gasteiger charge is -2.31. The van der Waals surface area contributed by atoms with Crippen molar-refractivity contribution in [3.63, 3.8) is 0 Å². The number of ether oxygens (including phenoxy) is 1. The Morgan fingerprint density at radius 3 is 3.16 bits per heavy atom. The third-order valence-corrected chi connectivity index (χ3v) is 2.97. The SMILES string of the molecule is CC1CN(C(=O)c2cccc(C#CCN)c2)CCO1. The molecule has 4 nitrogen and oxygen atoms in total. The molecular weight excluding hydrogens is 240 g/mol. The maximum Gasteiger partial charge on any atom is 0.254 e. The monoisotopic (exact) mass is 258 g/mol. The summed E-state index contributed by atoms with van der Waals surface area (Å²) in [5, 5.41) is 0. The molecule has 1 heterocycles.